The number of allylic oxidation sites excluding steroid dienone is 1. The highest BCUT2D eigenvalue weighted by atomic mass is 16.5. The van der Waals surface area contributed by atoms with Crippen LogP contribution in [0.2, 0.25) is 0 Å². The predicted molar refractivity (Wildman–Crippen MR) is 54.4 cm³/mol. The summed E-state index contributed by atoms with van der Waals surface area (Å²) in [6, 6.07) is 0. The van der Waals surface area contributed by atoms with Gasteiger partial charge in [-0.15, -0.1) is 6.58 Å². The molecule has 0 spiro atoms. The molecule has 0 N–H and O–H groups in total. The summed E-state index contributed by atoms with van der Waals surface area (Å²) in [5.74, 6) is -0.149. The van der Waals surface area contributed by atoms with Crippen LogP contribution >= 0.6 is 0 Å². The summed E-state index contributed by atoms with van der Waals surface area (Å²) in [6.07, 6.45) is 6.26. The van der Waals surface area contributed by atoms with Crippen LogP contribution in [-0.4, -0.2) is 12.6 Å². The molecular weight excluding hydrogens is 164 g/mol. The van der Waals surface area contributed by atoms with Crippen LogP contribution < -0.4 is 0 Å². The number of rotatable bonds is 7. The molecule has 74 valence electrons. The minimum atomic E-state index is -0.135. The number of esters is 1. The second kappa shape index (κ2) is 7.59. The van der Waals surface area contributed by atoms with Crippen molar-refractivity contribution in [3.8, 4) is 0 Å². The predicted octanol–water partition coefficient (Wildman–Crippen LogP) is 2.71. The van der Waals surface area contributed by atoms with Gasteiger partial charge in [-0.1, -0.05) is 25.7 Å². The van der Waals surface area contributed by atoms with E-state index in [1.54, 1.807) is 6.08 Å². The van der Waals surface area contributed by atoms with E-state index >= 15 is 0 Å². The Labute approximate surface area is 80.3 Å². The fourth-order valence-corrected chi connectivity index (χ4v) is 0.970. The van der Waals surface area contributed by atoms with Crippen molar-refractivity contribution in [1.82, 2.24) is 0 Å². The average molecular weight is 182 g/mol. The number of unbranched alkanes of at least 4 members (excludes halogenated alkanes) is 1. The molecule has 13 heavy (non-hydrogen) atoms. The Kier molecular flexibility index (Phi) is 6.98. The van der Waals surface area contributed by atoms with Crippen molar-refractivity contribution in [2.75, 3.05) is 6.61 Å². The molecule has 0 heterocycles. The van der Waals surface area contributed by atoms with Gasteiger partial charge in [0.25, 0.3) is 0 Å². The van der Waals surface area contributed by atoms with Gasteiger partial charge in [-0.3, -0.25) is 4.79 Å². The van der Waals surface area contributed by atoms with Gasteiger partial charge in [0.15, 0.2) is 0 Å². The maximum absolute atomic E-state index is 11.2. The van der Waals surface area contributed by atoms with Gasteiger partial charge in [-0.2, -0.15) is 0 Å². The Hall–Kier alpha value is -1.05. The first-order valence-electron chi connectivity index (χ1n) is 4.60. The van der Waals surface area contributed by atoms with Gasteiger partial charge in [0.05, 0.1) is 5.92 Å². The highest BCUT2D eigenvalue weighted by Gasteiger charge is 2.12. The lowest BCUT2D eigenvalue weighted by Crippen LogP contribution is -2.14. The minimum absolute atomic E-state index is 0.0140. The molecule has 0 rings (SSSR count). The summed E-state index contributed by atoms with van der Waals surface area (Å²) in [5, 5.41) is 0. The van der Waals surface area contributed by atoms with Crippen LogP contribution in [0.3, 0.4) is 0 Å². The molecule has 0 aromatic rings. The zero-order chi connectivity index (χ0) is 10.1. The average Bonchev–Trinajstić information content (AvgIpc) is 2.14. The first-order chi connectivity index (χ1) is 6.22. The Morgan fingerprint density at radius 2 is 2.15 bits per heavy atom. The lowest BCUT2D eigenvalue weighted by molar-refractivity contribution is -0.146. The molecular formula is C11H18O2. The summed E-state index contributed by atoms with van der Waals surface area (Å²) in [4.78, 5) is 11.2. The van der Waals surface area contributed by atoms with Gasteiger partial charge in [0, 0.05) is 0 Å². The Bertz CT molecular complexity index is 173. The Morgan fingerprint density at radius 1 is 1.46 bits per heavy atom. The third-order valence-electron chi connectivity index (χ3n) is 1.79. The number of carbonyl (C=O) groups excluding carboxylic acids is 1. The number of ether oxygens (including phenoxy) is 1. The molecule has 0 bridgehead atoms. The van der Waals surface area contributed by atoms with E-state index in [9.17, 15) is 4.79 Å². The second-order valence-corrected chi connectivity index (χ2v) is 3.04. The summed E-state index contributed by atoms with van der Waals surface area (Å²) < 4.78 is 4.90. The van der Waals surface area contributed by atoms with Crippen LogP contribution in [0.5, 0.6) is 0 Å². The molecule has 0 aromatic carbocycles. The van der Waals surface area contributed by atoms with Crippen LogP contribution in [0.1, 0.15) is 26.2 Å². The van der Waals surface area contributed by atoms with Crippen LogP contribution in [0.15, 0.2) is 25.3 Å². The standard InChI is InChI=1S/C11H18O2/c1-4-6-7-8-10(3)11(12)13-9-5-2/h4-5,10H,1-2,6-9H2,3H3. The van der Waals surface area contributed by atoms with Gasteiger partial charge >= 0.3 is 5.97 Å². The van der Waals surface area contributed by atoms with E-state index < -0.39 is 0 Å². The number of hydrogen-bond donors (Lipinski definition) is 0. The van der Waals surface area contributed by atoms with Crippen LogP contribution in [-0.2, 0) is 9.53 Å². The fourth-order valence-electron chi connectivity index (χ4n) is 0.970. The molecule has 1 unspecified atom stereocenters. The zero-order valence-corrected chi connectivity index (χ0v) is 8.29. The van der Waals surface area contributed by atoms with Crippen LogP contribution in [0, 0.1) is 5.92 Å². The van der Waals surface area contributed by atoms with Crippen molar-refractivity contribution in [2.24, 2.45) is 5.92 Å². The quantitative estimate of drug-likeness (QED) is 0.344. The van der Waals surface area contributed by atoms with Crippen molar-refractivity contribution in [2.45, 2.75) is 26.2 Å². The molecule has 0 amide bonds. The van der Waals surface area contributed by atoms with Gasteiger partial charge < -0.3 is 4.74 Å². The molecule has 0 radical (unpaired) electrons. The minimum Gasteiger partial charge on any atom is -0.461 e. The lowest BCUT2D eigenvalue weighted by atomic mass is 10.0. The van der Waals surface area contributed by atoms with Crippen LogP contribution in [0.25, 0.3) is 0 Å². The van der Waals surface area contributed by atoms with E-state index in [4.69, 9.17) is 4.74 Å². The third kappa shape index (κ3) is 6.14. The molecule has 2 heteroatoms. The molecule has 0 aliphatic heterocycles. The molecule has 2 nitrogen and oxygen atoms in total. The Morgan fingerprint density at radius 3 is 2.69 bits per heavy atom. The highest BCUT2D eigenvalue weighted by Crippen LogP contribution is 2.09. The summed E-state index contributed by atoms with van der Waals surface area (Å²) >= 11 is 0. The number of carbonyl (C=O) groups is 1. The molecule has 0 saturated carbocycles. The number of hydrogen-bond acceptors (Lipinski definition) is 2. The van der Waals surface area contributed by atoms with E-state index in [1.807, 2.05) is 13.0 Å². The summed E-state index contributed by atoms with van der Waals surface area (Å²) in [7, 11) is 0. The summed E-state index contributed by atoms with van der Waals surface area (Å²) in [6.45, 7) is 9.29. The van der Waals surface area contributed by atoms with E-state index in [0.29, 0.717) is 6.61 Å². The van der Waals surface area contributed by atoms with E-state index in [-0.39, 0.29) is 11.9 Å². The highest BCUT2D eigenvalue weighted by molar-refractivity contribution is 5.71. The molecule has 0 aliphatic rings. The zero-order valence-electron chi connectivity index (χ0n) is 8.29. The molecule has 0 aliphatic carbocycles. The first-order valence-corrected chi connectivity index (χ1v) is 4.60. The van der Waals surface area contributed by atoms with Crippen molar-refractivity contribution < 1.29 is 9.53 Å². The van der Waals surface area contributed by atoms with Gasteiger partial charge in [-0.25, -0.2) is 0 Å². The van der Waals surface area contributed by atoms with E-state index in [1.165, 1.54) is 0 Å². The van der Waals surface area contributed by atoms with Gasteiger partial charge in [0.2, 0.25) is 0 Å². The fraction of sp³-hybridized carbons (Fsp3) is 0.545. The Balaban J connectivity index is 3.55. The topological polar surface area (TPSA) is 26.3 Å². The van der Waals surface area contributed by atoms with Crippen LogP contribution in [0.4, 0.5) is 0 Å². The van der Waals surface area contributed by atoms with Crippen molar-refractivity contribution in [3.63, 3.8) is 0 Å². The molecule has 0 aromatic heterocycles. The smallest absolute Gasteiger partial charge is 0.308 e. The lowest BCUT2D eigenvalue weighted by Gasteiger charge is -2.08. The molecule has 0 saturated heterocycles. The maximum atomic E-state index is 11.2. The van der Waals surface area contributed by atoms with Crippen molar-refractivity contribution >= 4 is 5.97 Å². The molecule has 0 fully saturated rings. The normalized spacial score (nSPS) is 11.8. The largest absolute Gasteiger partial charge is 0.461 e. The van der Waals surface area contributed by atoms with Gasteiger partial charge in [0.1, 0.15) is 6.61 Å². The van der Waals surface area contributed by atoms with Gasteiger partial charge in [-0.05, 0) is 19.3 Å². The summed E-state index contributed by atoms with van der Waals surface area (Å²) in [5.41, 5.74) is 0. The molecule has 1 atom stereocenters. The second-order valence-electron chi connectivity index (χ2n) is 3.04. The van der Waals surface area contributed by atoms with Crippen molar-refractivity contribution in [3.05, 3.63) is 25.3 Å². The monoisotopic (exact) mass is 182 g/mol. The van der Waals surface area contributed by atoms with E-state index in [0.717, 1.165) is 19.3 Å². The van der Waals surface area contributed by atoms with E-state index in [2.05, 4.69) is 13.2 Å². The third-order valence-corrected chi connectivity index (χ3v) is 1.79. The maximum Gasteiger partial charge on any atom is 0.308 e. The first kappa shape index (κ1) is 11.9. The van der Waals surface area contributed by atoms with Crippen molar-refractivity contribution in [1.29, 1.82) is 0 Å². The SMILES string of the molecule is C=CCCCC(C)C(=O)OCC=C.